The monoisotopic (exact) mass is 336 g/mol. The van der Waals surface area contributed by atoms with Gasteiger partial charge in [-0.15, -0.1) is 0 Å². The van der Waals surface area contributed by atoms with E-state index in [1.165, 1.54) is 23.0 Å². The molecule has 0 bridgehead atoms. The van der Waals surface area contributed by atoms with Crippen molar-refractivity contribution in [2.75, 3.05) is 0 Å². The summed E-state index contributed by atoms with van der Waals surface area (Å²) in [5.74, 6) is -0.493. The maximum atomic E-state index is 12.5. The first-order valence-electron chi connectivity index (χ1n) is 7.56. The number of nitrogens with one attached hydrogen (secondary N) is 2. The van der Waals surface area contributed by atoms with Crippen molar-refractivity contribution in [2.45, 2.75) is 6.92 Å². The summed E-state index contributed by atoms with van der Waals surface area (Å²) in [6.07, 6.45) is 1.30. The molecule has 0 unspecified atom stereocenters. The average molecular weight is 336 g/mol. The number of aromatic nitrogens is 2. The highest BCUT2D eigenvalue weighted by atomic mass is 16.3. The first kappa shape index (κ1) is 16.3. The number of para-hydroxylation sites is 1. The number of aryl methyl sites for hydroxylation is 1. The molecule has 1 aromatic heterocycles. The summed E-state index contributed by atoms with van der Waals surface area (Å²) in [4.78, 5) is 24.4. The molecule has 1 heterocycles. The predicted molar refractivity (Wildman–Crippen MR) is 94.3 cm³/mol. The number of phenolic OH excluding ortho intramolecular Hbond substituents is 1. The topological polar surface area (TPSA) is 99.5 Å². The highest BCUT2D eigenvalue weighted by Crippen LogP contribution is 2.10. The van der Waals surface area contributed by atoms with Gasteiger partial charge in [-0.25, -0.2) is 10.1 Å². The van der Waals surface area contributed by atoms with E-state index in [0.717, 1.165) is 0 Å². The lowest BCUT2D eigenvalue weighted by Crippen LogP contribution is -2.20. The zero-order chi connectivity index (χ0) is 17.8. The SMILES string of the molecule is Cc1[nH]n(-c2ccccc2)c(=O)c1/C=N/NC(=O)c1cccc(O)c1. The van der Waals surface area contributed by atoms with E-state index in [-0.39, 0.29) is 16.9 Å². The van der Waals surface area contributed by atoms with E-state index in [0.29, 0.717) is 16.9 Å². The Morgan fingerprint density at radius 1 is 1.20 bits per heavy atom. The summed E-state index contributed by atoms with van der Waals surface area (Å²) >= 11 is 0. The standard InChI is InChI=1S/C18H16N4O3/c1-12-16(18(25)22(21-12)14-7-3-2-4-8-14)11-19-20-17(24)13-6-5-9-15(23)10-13/h2-11,21,23H,1H3,(H,20,24)/b19-11+. The summed E-state index contributed by atoms with van der Waals surface area (Å²) in [6, 6.07) is 15.1. The molecule has 0 saturated heterocycles. The number of hydrazone groups is 1. The molecule has 7 nitrogen and oxygen atoms in total. The van der Waals surface area contributed by atoms with Crippen LogP contribution in [-0.2, 0) is 0 Å². The number of carbonyl (C=O) groups excluding carboxylic acids is 1. The van der Waals surface area contributed by atoms with Crippen LogP contribution in [-0.4, -0.2) is 27.0 Å². The maximum Gasteiger partial charge on any atom is 0.280 e. The van der Waals surface area contributed by atoms with Crippen LogP contribution >= 0.6 is 0 Å². The number of aromatic amines is 1. The average Bonchev–Trinajstić information content (AvgIpc) is 2.90. The second kappa shape index (κ2) is 6.88. The Kier molecular flexibility index (Phi) is 4.47. The molecular formula is C18H16N4O3. The van der Waals surface area contributed by atoms with Crippen LogP contribution in [0.5, 0.6) is 5.75 Å². The van der Waals surface area contributed by atoms with Gasteiger partial charge in [0.15, 0.2) is 0 Å². The molecule has 0 saturated carbocycles. The molecule has 0 spiro atoms. The van der Waals surface area contributed by atoms with Crippen LogP contribution in [0, 0.1) is 6.92 Å². The summed E-state index contributed by atoms with van der Waals surface area (Å²) in [7, 11) is 0. The normalized spacial score (nSPS) is 10.9. The summed E-state index contributed by atoms with van der Waals surface area (Å²) in [5.41, 5.74) is 4.02. The molecule has 0 aliphatic heterocycles. The third kappa shape index (κ3) is 3.50. The van der Waals surface area contributed by atoms with E-state index in [1.54, 1.807) is 19.1 Å². The molecule has 0 atom stereocenters. The van der Waals surface area contributed by atoms with E-state index in [4.69, 9.17) is 0 Å². The number of hydrogen-bond donors (Lipinski definition) is 3. The molecule has 126 valence electrons. The number of aromatic hydroxyl groups is 1. The molecule has 3 aromatic rings. The van der Waals surface area contributed by atoms with E-state index >= 15 is 0 Å². The van der Waals surface area contributed by atoms with Gasteiger partial charge in [-0.2, -0.15) is 5.10 Å². The molecule has 0 radical (unpaired) electrons. The molecule has 0 fully saturated rings. The van der Waals surface area contributed by atoms with Gasteiger partial charge < -0.3 is 5.11 Å². The van der Waals surface area contributed by atoms with E-state index in [2.05, 4.69) is 15.6 Å². The minimum Gasteiger partial charge on any atom is -0.508 e. The third-order valence-corrected chi connectivity index (χ3v) is 3.60. The smallest absolute Gasteiger partial charge is 0.280 e. The predicted octanol–water partition coefficient (Wildman–Crippen LogP) is 1.94. The van der Waals surface area contributed by atoms with Crippen LogP contribution in [0.3, 0.4) is 0 Å². The van der Waals surface area contributed by atoms with Crippen molar-refractivity contribution < 1.29 is 9.90 Å². The van der Waals surface area contributed by atoms with Crippen LogP contribution in [0.25, 0.3) is 5.69 Å². The first-order chi connectivity index (χ1) is 12.1. The van der Waals surface area contributed by atoms with Gasteiger partial charge in [-0.1, -0.05) is 24.3 Å². The fourth-order valence-corrected chi connectivity index (χ4v) is 2.34. The van der Waals surface area contributed by atoms with Crippen LogP contribution in [0.4, 0.5) is 0 Å². The lowest BCUT2D eigenvalue weighted by molar-refractivity contribution is 0.0954. The van der Waals surface area contributed by atoms with Gasteiger partial charge in [-0.3, -0.25) is 14.7 Å². The Morgan fingerprint density at radius 3 is 2.68 bits per heavy atom. The van der Waals surface area contributed by atoms with Crippen molar-refractivity contribution >= 4 is 12.1 Å². The fraction of sp³-hybridized carbons (Fsp3) is 0.0556. The number of benzene rings is 2. The molecule has 1 amide bonds. The number of nitrogens with zero attached hydrogens (tertiary/aromatic N) is 2. The van der Waals surface area contributed by atoms with Crippen LogP contribution in [0.2, 0.25) is 0 Å². The van der Waals surface area contributed by atoms with Gasteiger partial charge in [0.1, 0.15) is 5.75 Å². The Bertz CT molecular complexity index is 987. The van der Waals surface area contributed by atoms with Gasteiger partial charge in [0.2, 0.25) is 0 Å². The van der Waals surface area contributed by atoms with Gasteiger partial charge in [0, 0.05) is 11.3 Å². The van der Waals surface area contributed by atoms with Gasteiger partial charge in [-0.05, 0) is 37.3 Å². The van der Waals surface area contributed by atoms with Crippen molar-refractivity contribution in [1.29, 1.82) is 0 Å². The number of phenols is 1. The lowest BCUT2D eigenvalue weighted by Gasteiger charge is -2.00. The Hall–Kier alpha value is -3.61. The highest BCUT2D eigenvalue weighted by molar-refractivity contribution is 5.95. The van der Waals surface area contributed by atoms with E-state index in [9.17, 15) is 14.7 Å². The van der Waals surface area contributed by atoms with Gasteiger partial charge >= 0.3 is 0 Å². The van der Waals surface area contributed by atoms with Crippen molar-refractivity contribution in [3.05, 3.63) is 81.8 Å². The van der Waals surface area contributed by atoms with Crippen molar-refractivity contribution in [3.8, 4) is 11.4 Å². The summed E-state index contributed by atoms with van der Waals surface area (Å²) in [5, 5.41) is 16.2. The zero-order valence-electron chi connectivity index (χ0n) is 13.4. The number of hydrogen-bond acceptors (Lipinski definition) is 4. The van der Waals surface area contributed by atoms with E-state index < -0.39 is 5.91 Å². The number of amides is 1. The maximum absolute atomic E-state index is 12.5. The lowest BCUT2D eigenvalue weighted by atomic mass is 10.2. The summed E-state index contributed by atoms with van der Waals surface area (Å²) < 4.78 is 1.41. The molecule has 3 rings (SSSR count). The molecule has 0 aliphatic rings. The third-order valence-electron chi connectivity index (χ3n) is 3.60. The van der Waals surface area contributed by atoms with Crippen molar-refractivity contribution in [2.24, 2.45) is 5.10 Å². The summed E-state index contributed by atoms with van der Waals surface area (Å²) in [6.45, 7) is 1.75. The quantitative estimate of drug-likeness (QED) is 0.501. The molecular weight excluding hydrogens is 320 g/mol. The second-order valence-electron chi connectivity index (χ2n) is 5.38. The van der Waals surface area contributed by atoms with E-state index in [1.807, 2.05) is 30.3 Å². The van der Waals surface area contributed by atoms with Crippen molar-refractivity contribution in [1.82, 2.24) is 15.2 Å². The minimum atomic E-state index is -0.483. The molecule has 0 aliphatic carbocycles. The largest absolute Gasteiger partial charge is 0.508 e. The molecule has 25 heavy (non-hydrogen) atoms. The molecule has 3 N–H and O–H groups in total. The Labute approximate surface area is 143 Å². The second-order valence-corrected chi connectivity index (χ2v) is 5.38. The van der Waals surface area contributed by atoms with Crippen LogP contribution < -0.4 is 11.0 Å². The zero-order valence-corrected chi connectivity index (χ0v) is 13.4. The number of rotatable bonds is 4. The van der Waals surface area contributed by atoms with Crippen LogP contribution in [0.15, 0.2) is 64.5 Å². The number of H-pyrrole nitrogens is 1. The number of carbonyl (C=O) groups is 1. The molecule has 2 aromatic carbocycles. The van der Waals surface area contributed by atoms with Crippen molar-refractivity contribution in [3.63, 3.8) is 0 Å². The highest BCUT2D eigenvalue weighted by Gasteiger charge is 2.11. The van der Waals surface area contributed by atoms with Gasteiger partial charge in [0.05, 0.1) is 17.5 Å². The minimum absolute atomic E-state index is 0.0103. The molecule has 7 heteroatoms. The Balaban J connectivity index is 1.79. The van der Waals surface area contributed by atoms with Gasteiger partial charge in [0.25, 0.3) is 11.5 Å². The first-order valence-corrected chi connectivity index (χ1v) is 7.56. The van der Waals surface area contributed by atoms with Crippen LogP contribution in [0.1, 0.15) is 21.6 Å². The fourth-order valence-electron chi connectivity index (χ4n) is 2.34. The Morgan fingerprint density at radius 2 is 1.96 bits per heavy atom.